The third-order valence-corrected chi connectivity index (χ3v) is 8.24. The van der Waals surface area contributed by atoms with Gasteiger partial charge in [0.25, 0.3) is 10.0 Å². The van der Waals surface area contributed by atoms with Gasteiger partial charge in [-0.1, -0.05) is 46.3 Å². The third kappa shape index (κ3) is 6.65. The van der Waals surface area contributed by atoms with Crippen molar-refractivity contribution < 1.29 is 27.5 Å². The Bertz CT molecular complexity index is 1370. The minimum Gasteiger partial charge on any atom is -0.493 e. The second-order valence-corrected chi connectivity index (χ2v) is 11.1. The van der Waals surface area contributed by atoms with Crippen LogP contribution in [0.15, 0.2) is 82.2 Å². The van der Waals surface area contributed by atoms with Crippen molar-refractivity contribution in [3.8, 4) is 11.5 Å². The molecule has 0 aliphatic heterocycles. The molecule has 0 saturated carbocycles. The maximum Gasteiger partial charge on any atom is 0.264 e. The van der Waals surface area contributed by atoms with E-state index in [1.165, 1.54) is 44.4 Å². The van der Waals surface area contributed by atoms with E-state index in [2.05, 4.69) is 21.2 Å². The summed E-state index contributed by atoms with van der Waals surface area (Å²) in [6.07, 6.45) is 0. The van der Waals surface area contributed by atoms with Gasteiger partial charge in [-0.2, -0.15) is 0 Å². The van der Waals surface area contributed by atoms with Crippen molar-refractivity contribution >= 4 is 43.5 Å². The number of carbonyl (C=O) groups is 2. The van der Waals surface area contributed by atoms with Crippen LogP contribution in [0.5, 0.6) is 11.5 Å². The molecule has 1 N–H and O–H groups in total. The number of halogens is 1. The van der Waals surface area contributed by atoms with Gasteiger partial charge in [0.2, 0.25) is 11.8 Å². The summed E-state index contributed by atoms with van der Waals surface area (Å²) >= 11 is 3.39. The number of para-hydroxylation sites is 1. The molecule has 3 aromatic rings. The van der Waals surface area contributed by atoms with Gasteiger partial charge in [-0.15, -0.1) is 0 Å². The number of benzene rings is 3. The molecule has 202 valence electrons. The molecular weight excluding hydrogens is 574 g/mol. The Morgan fingerprint density at radius 1 is 0.947 bits per heavy atom. The van der Waals surface area contributed by atoms with E-state index < -0.39 is 28.5 Å². The highest BCUT2D eigenvalue weighted by Gasteiger charge is 2.32. The largest absolute Gasteiger partial charge is 0.493 e. The molecule has 1 atom stereocenters. The van der Waals surface area contributed by atoms with Crippen molar-refractivity contribution in [2.75, 3.05) is 32.1 Å². The summed E-state index contributed by atoms with van der Waals surface area (Å²) in [6.45, 7) is 1.18. The number of methoxy groups -OCH3 is 2. The van der Waals surface area contributed by atoms with Crippen LogP contribution in [-0.2, 0) is 26.2 Å². The minimum absolute atomic E-state index is 0.0781. The number of likely N-dealkylation sites (N-methyl/N-ethyl adjacent to an activating group) is 1. The van der Waals surface area contributed by atoms with Crippen LogP contribution in [-0.4, -0.2) is 59.0 Å². The molecule has 0 saturated heterocycles. The predicted octanol–water partition coefficient (Wildman–Crippen LogP) is 3.82. The van der Waals surface area contributed by atoms with E-state index in [-0.39, 0.29) is 23.1 Å². The fourth-order valence-corrected chi connectivity index (χ4v) is 5.50. The van der Waals surface area contributed by atoms with Gasteiger partial charge in [0.05, 0.1) is 24.8 Å². The van der Waals surface area contributed by atoms with Crippen LogP contribution in [0.2, 0.25) is 0 Å². The first-order valence-electron chi connectivity index (χ1n) is 11.7. The van der Waals surface area contributed by atoms with Crippen molar-refractivity contribution in [1.29, 1.82) is 0 Å². The molecule has 11 heteroatoms. The van der Waals surface area contributed by atoms with Crippen LogP contribution in [0, 0.1) is 0 Å². The molecule has 0 spiro atoms. The van der Waals surface area contributed by atoms with E-state index in [0.717, 1.165) is 14.3 Å². The Kier molecular flexibility index (Phi) is 9.76. The molecule has 3 aromatic carbocycles. The Labute approximate surface area is 231 Å². The zero-order valence-corrected chi connectivity index (χ0v) is 24.0. The van der Waals surface area contributed by atoms with Crippen molar-refractivity contribution in [2.24, 2.45) is 0 Å². The van der Waals surface area contributed by atoms with Crippen LogP contribution in [0.25, 0.3) is 0 Å². The number of nitrogens with zero attached hydrogens (tertiary/aromatic N) is 2. The molecule has 0 aliphatic rings. The second-order valence-electron chi connectivity index (χ2n) is 8.30. The Balaban J connectivity index is 2.03. The normalized spacial score (nSPS) is 11.8. The number of anilines is 1. The standard InChI is InChI=1S/C27H30BrN3O6S/c1-19(27(33)29-2)30(17-20-10-12-21(28)13-11-20)26(32)18-31(22-8-6-5-7-9-22)38(34,35)23-14-15-24(36-3)25(16-23)37-4/h5-16,19H,17-18H2,1-4H3,(H,29,33)/t19-/m0/s1. The maximum absolute atomic E-state index is 13.9. The highest BCUT2D eigenvalue weighted by Crippen LogP contribution is 2.32. The van der Waals surface area contributed by atoms with Crippen LogP contribution < -0.4 is 19.1 Å². The average Bonchev–Trinajstić information content (AvgIpc) is 2.94. The number of rotatable bonds is 11. The second kappa shape index (κ2) is 12.8. The van der Waals surface area contributed by atoms with Gasteiger partial charge in [0, 0.05) is 24.1 Å². The summed E-state index contributed by atoms with van der Waals surface area (Å²) in [5.74, 6) is -0.312. The molecule has 0 aromatic heterocycles. The molecule has 0 bridgehead atoms. The molecule has 9 nitrogen and oxygen atoms in total. The molecule has 0 radical (unpaired) electrons. The zero-order valence-electron chi connectivity index (χ0n) is 21.5. The van der Waals surface area contributed by atoms with E-state index in [9.17, 15) is 18.0 Å². The smallest absolute Gasteiger partial charge is 0.264 e. The highest BCUT2D eigenvalue weighted by atomic mass is 79.9. The van der Waals surface area contributed by atoms with Gasteiger partial charge in [-0.05, 0) is 48.9 Å². The predicted molar refractivity (Wildman–Crippen MR) is 149 cm³/mol. The quantitative estimate of drug-likeness (QED) is 0.357. The lowest BCUT2D eigenvalue weighted by molar-refractivity contribution is -0.139. The van der Waals surface area contributed by atoms with Crippen LogP contribution >= 0.6 is 15.9 Å². The number of hydrogen-bond donors (Lipinski definition) is 1. The summed E-state index contributed by atoms with van der Waals surface area (Å²) < 4.78 is 40.2. The van der Waals surface area contributed by atoms with Gasteiger partial charge >= 0.3 is 0 Å². The lowest BCUT2D eigenvalue weighted by Gasteiger charge is -2.31. The Morgan fingerprint density at radius 3 is 2.16 bits per heavy atom. The maximum atomic E-state index is 13.9. The topological polar surface area (TPSA) is 105 Å². The zero-order chi connectivity index (χ0) is 27.9. The summed E-state index contributed by atoms with van der Waals surface area (Å²) in [5, 5.41) is 2.56. The number of hydrogen-bond acceptors (Lipinski definition) is 6. The Hall–Kier alpha value is -3.57. The summed E-state index contributed by atoms with van der Waals surface area (Å²) in [7, 11) is 0.121. The lowest BCUT2D eigenvalue weighted by Crippen LogP contribution is -2.50. The number of ether oxygens (including phenoxy) is 2. The van der Waals surface area contributed by atoms with E-state index in [0.29, 0.717) is 11.4 Å². The van der Waals surface area contributed by atoms with Crippen molar-refractivity contribution in [3.05, 3.63) is 82.8 Å². The van der Waals surface area contributed by atoms with Gasteiger partial charge in [0.1, 0.15) is 12.6 Å². The average molecular weight is 605 g/mol. The van der Waals surface area contributed by atoms with Gasteiger partial charge in [0.15, 0.2) is 11.5 Å². The van der Waals surface area contributed by atoms with Crippen molar-refractivity contribution in [1.82, 2.24) is 10.2 Å². The first kappa shape index (κ1) is 29.0. The summed E-state index contributed by atoms with van der Waals surface area (Å²) in [6, 6.07) is 19.0. The van der Waals surface area contributed by atoms with Gasteiger partial charge < -0.3 is 19.7 Å². The lowest BCUT2D eigenvalue weighted by atomic mass is 10.1. The number of carbonyl (C=O) groups excluding carboxylic acids is 2. The van der Waals surface area contributed by atoms with Crippen molar-refractivity contribution in [2.45, 2.75) is 24.4 Å². The van der Waals surface area contributed by atoms with Crippen LogP contribution in [0.3, 0.4) is 0 Å². The number of amides is 2. The van der Waals surface area contributed by atoms with Crippen LogP contribution in [0.4, 0.5) is 5.69 Å². The molecule has 3 rings (SSSR count). The minimum atomic E-state index is -4.23. The number of nitrogens with one attached hydrogen (secondary N) is 1. The van der Waals surface area contributed by atoms with E-state index >= 15 is 0 Å². The van der Waals surface area contributed by atoms with Gasteiger partial charge in [-0.3, -0.25) is 13.9 Å². The fraction of sp³-hybridized carbons (Fsp3) is 0.259. The molecular formula is C27H30BrN3O6S. The van der Waals surface area contributed by atoms with Gasteiger partial charge in [-0.25, -0.2) is 8.42 Å². The SMILES string of the molecule is CNC(=O)[C@H](C)N(Cc1ccc(Br)cc1)C(=O)CN(c1ccccc1)S(=O)(=O)c1ccc(OC)c(OC)c1. The fourth-order valence-electron chi connectivity index (χ4n) is 3.81. The van der Waals surface area contributed by atoms with Crippen molar-refractivity contribution in [3.63, 3.8) is 0 Å². The summed E-state index contributed by atoms with van der Waals surface area (Å²) in [4.78, 5) is 27.6. The monoisotopic (exact) mass is 603 g/mol. The summed E-state index contributed by atoms with van der Waals surface area (Å²) in [5.41, 5.74) is 1.08. The first-order chi connectivity index (χ1) is 18.1. The highest BCUT2D eigenvalue weighted by molar-refractivity contribution is 9.10. The first-order valence-corrected chi connectivity index (χ1v) is 13.9. The molecule has 2 amide bonds. The van der Waals surface area contributed by atoms with Crippen LogP contribution in [0.1, 0.15) is 12.5 Å². The van der Waals surface area contributed by atoms with E-state index in [1.807, 2.05) is 24.3 Å². The molecule has 0 unspecified atom stereocenters. The molecule has 38 heavy (non-hydrogen) atoms. The molecule has 0 heterocycles. The Morgan fingerprint density at radius 2 is 1.58 bits per heavy atom. The third-order valence-electron chi connectivity index (χ3n) is 5.95. The van der Waals surface area contributed by atoms with E-state index in [4.69, 9.17) is 9.47 Å². The molecule has 0 aliphatic carbocycles. The molecule has 0 fully saturated rings. The van der Waals surface area contributed by atoms with E-state index in [1.54, 1.807) is 37.3 Å². The number of sulfonamides is 1.